The molecule has 34 heavy (non-hydrogen) atoms. The topological polar surface area (TPSA) is 61.4 Å². The van der Waals surface area contributed by atoms with E-state index in [2.05, 4.69) is 53.6 Å². The molecule has 0 radical (unpaired) electrons. The van der Waals surface area contributed by atoms with Gasteiger partial charge in [-0.05, 0) is 53.6 Å². The second-order valence-corrected chi connectivity index (χ2v) is 9.31. The van der Waals surface area contributed by atoms with Crippen LogP contribution in [0.15, 0.2) is 72.8 Å². The number of benzene rings is 3. The molecule has 1 aliphatic rings. The third-order valence-electron chi connectivity index (χ3n) is 6.15. The highest BCUT2D eigenvalue weighted by molar-refractivity contribution is 6.02. The molecular formula is C29H33N3O2. The van der Waals surface area contributed by atoms with Gasteiger partial charge in [-0.25, -0.2) is 0 Å². The number of rotatable bonds is 8. The van der Waals surface area contributed by atoms with Crippen LogP contribution < -0.4 is 15.5 Å². The minimum Gasteiger partial charge on any atom is -0.366 e. The maximum absolute atomic E-state index is 13.2. The lowest BCUT2D eigenvalue weighted by Gasteiger charge is -2.32. The van der Waals surface area contributed by atoms with E-state index in [9.17, 15) is 9.59 Å². The summed E-state index contributed by atoms with van der Waals surface area (Å²) in [5, 5.41) is 6.03. The summed E-state index contributed by atoms with van der Waals surface area (Å²) in [6.07, 6.45) is 2.02. The van der Waals surface area contributed by atoms with Gasteiger partial charge in [-0.3, -0.25) is 9.59 Å². The molecule has 5 heteroatoms. The second-order valence-electron chi connectivity index (χ2n) is 9.31. The zero-order valence-corrected chi connectivity index (χ0v) is 20.0. The maximum Gasteiger partial charge on any atom is 0.253 e. The van der Waals surface area contributed by atoms with E-state index in [0.29, 0.717) is 36.6 Å². The molecule has 2 N–H and O–H groups in total. The van der Waals surface area contributed by atoms with Crippen LogP contribution in [0.2, 0.25) is 0 Å². The molecule has 1 heterocycles. The Bertz CT molecular complexity index is 1140. The van der Waals surface area contributed by atoms with E-state index in [1.165, 1.54) is 11.1 Å². The van der Waals surface area contributed by atoms with Crippen LogP contribution in [0, 0.1) is 5.92 Å². The van der Waals surface area contributed by atoms with E-state index in [-0.39, 0.29) is 11.8 Å². The molecule has 0 saturated heterocycles. The molecule has 0 aliphatic carbocycles. The Labute approximate surface area is 202 Å². The number of hydrogen-bond donors (Lipinski definition) is 2. The molecule has 176 valence electrons. The molecule has 1 aliphatic heterocycles. The first-order chi connectivity index (χ1) is 16.5. The standard InChI is InChI=1S/C29H33N3O2/c1-21(2)19-30-29(34)26-18-25(31-28(33)15-12-22-8-4-3-5-9-22)13-14-27(26)32-17-16-23-10-6-7-11-24(23)20-32/h3-11,13-14,18,21H,12,15-17,19-20H2,1-2H3,(H,30,34)(H,31,33). The number of fused-ring (bicyclic) bond motifs is 1. The van der Waals surface area contributed by atoms with E-state index < -0.39 is 0 Å². The summed E-state index contributed by atoms with van der Waals surface area (Å²) in [7, 11) is 0. The Morgan fingerprint density at radius 1 is 0.941 bits per heavy atom. The van der Waals surface area contributed by atoms with E-state index in [4.69, 9.17) is 0 Å². The van der Waals surface area contributed by atoms with Crippen molar-refractivity contribution in [1.82, 2.24) is 5.32 Å². The smallest absolute Gasteiger partial charge is 0.253 e. The summed E-state index contributed by atoms with van der Waals surface area (Å²) in [5.41, 5.74) is 5.94. The van der Waals surface area contributed by atoms with Crippen molar-refractivity contribution in [3.05, 3.63) is 95.1 Å². The van der Waals surface area contributed by atoms with Crippen molar-refractivity contribution >= 4 is 23.2 Å². The monoisotopic (exact) mass is 455 g/mol. The Morgan fingerprint density at radius 2 is 1.68 bits per heavy atom. The molecule has 0 atom stereocenters. The van der Waals surface area contributed by atoms with Crippen molar-refractivity contribution in [2.24, 2.45) is 5.92 Å². The van der Waals surface area contributed by atoms with Crippen LogP contribution in [0.25, 0.3) is 0 Å². The van der Waals surface area contributed by atoms with Crippen LogP contribution in [0.4, 0.5) is 11.4 Å². The molecule has 3 aromatic carbocycles. The summed E-state index contributed by atoms with van der Waals surface area (Å²) < 4.78 is 0. The fraction of sp³-hybridized carbons (Fsp3) is 0.310. The number of aryl methyl sites for hydroxylation is 1. The van der Waals surface area contributed by atoms with Crippen LogP contribution in [-0.4, -0.2) is 24.9 Å². The highest BCUT2D eigenvalue weighted by atomic mass is 16.2. The number of anilines is 2. The summed E-state index contributed by atoms with van der Waals surface area (Å²) in [5.74, 6) is 0.190. The molecule has 0 bridgehead atoms. The van der Waals surface area contributed by atoms with Gasteiger partial charge in [0.2, 0.25) is 5.91 Å². The second kappa shape index (κ2) is 11.0. The first kappa shape index (κ1) is 23.6. The van der Waals surface area contributed by atoms with Crippen molar-refractivity contribution in [1.29, 1.82) is 0 Å². The van der Waals surface area contributed by atoms with Crippen molar-refractivity contribution in [3.63, 3.8) is 0 Å². The lowest BCUT2D eigenvalue weighted by molar-refractivity contribution is -0.116. The zero-order valence-electron chi connectivity index (χ0n) is 20.0. The fourth-order valence-corrected chi connectivity index (χ4v) is 4.29. The van der Waals surface area contributed by atoms with E-state index in [0.717, 1.165) is 30.8 Å². The summed E-state index contributed by atoms with van der Waals surface area (Å²) >= 11 is 0. The maximum atomic E-state index is 13.2. The van der Waals surface area contributed by atoms with Crippen LogP contribution in [-0.2, 0) is 24.2 Å². The number of nitrogens with zero attached hydrogens (tertiary/aromatic N) is 1. The number of hydrogen-bond acceptors (Lipinski definition) is 3. The first-order valence-corrected chi connectivity index (χ1v) is 12.1. The van der Waals surface area contributed by atoms with Crippen LogP contribution >= 0.6 is 0 Å². The van der Waals surface area contributed by atoms with E-state index in [1.54, 1.807) is 0 Å². The van der Waals surface area contributed by atoms with Crippen LogP contribution in [0.3, 0.4) is 0 Å². The largest absolute Gasteiger partial charge is 0.366 e. The lowest BCUT2D eigenvalue weighted by Crippen LogP contribution is -2.34. The third-order valence-corrected chi connectivity index (χ3v) is 6.15. The number of carbonyl (C=O) groups excluding carboxylic acids is 2. The molecule has 4 rings (SSSR count). The fourth-order valence-electron chi connectivity index (χ4n) is 4.29. The SMILES string of the molecule is CC(C)CNC(=O)c1cc(NC(=O)CCc2ccccc2)ccc1N1CCc2ccccc2C1. The minimum atomic E-state index is -0.108. The highest BCUT2D eigenvalue weighted by Gasteiger charge is 2.22. The van der Waals surface area contributed by atoms with Gasteiger partial charge in [0.15, 0.2) is 0 Å². The Hall–Kier alpha value is -3.60. The summed E-state index contributed by atoms with van der Waals surface area (Å²) in [4.78, 5) is 28.0. The van der Waals surface area contributed by atoms with Gasteiger partial charge in [-0.15, -0.1) is 0 Å². The van der Waals surface area contributed by atoms with Gasteiger partial charge in [-0.2, -0.15) is 0 Å². The minimum absolute atomic E-state index is 0.0583. The number of amides is 2. The van der Waals surface area contributed by atoms with Crippen molar-refractivity contribution in [3.8, 4) is 0 Å². The van der Waals surface area contributed by atoms with Crippen molar-refractivity contribution in [2.75, 3.05) is 23.3 Å². The molecule has 3 aromatic rings. The molecule has 0 unspecified atom stereocenters. The predicted molar refractivity (Wildman–Crippen MR) is 138 cm³/mol. The Morgan fingerprint density at radius 3 is 2.44 bits per heavy atom. The predicted octanol–water partition coefficient (Wildman–Crippen LogP) is 5.21. The average Bonchev–Trinajstić information content (AvgIpc) is 2.86. The van der Waals surface area contributed by atoms with E-state index >= 15 is 0 Å². The van der Waals surface area contributed by atoms with Crippen molar-refractivity contribution < 1.29 is 9.59 Å². The molecule has 5 nitrogen and oxygen atoms in total. The molecule has 0 fully saturated rings. The Kier molecular flexibility index (Phi) is 7.63. The highest BCUT2D eigenvalue weighted by Crippen LogP contribution is 2.29. The number of carbonyl (C=O) groups is 2. The van der Waals surface area contributed by atoms with Crippen LogP contribution in [0.5, 0.6) is 0 Å². The van der Waals surface area contributed by atoms with Gasteiger partial charge in [0.05, 0.1) is 5.56 Å². The average molecular weight is 456 g/mol. The quantitative estimate of drug-likeness (QED) is 0.490. The normalized spacial score (nSPS) is 12.9. The Balaban J connectivity index is 1.52. The lowest BCUT2D eigenvalue weighted by atomic mass is 9.98. The van der Waals surface area contributed by atoms with Gasteiger partial charge >= 0.3 is 0 Å². The number of nitrogens with one attached hydrogen (secondary N) is 2. The van der Waals surface area contributed by atoms with Crippen molar-refractivity contribution in [2.45, 2.75) is 39.7 Å². The van der Waals surface area contributed by atoms with Gasteiger partial charge in [0.25, 0.3) is 5.91 Å². The molecule has 0 saturated carbocycles. The zero-order chi connectivity index (χ0) is 23.9. The molecule has 0 aromatic heterocycles. The third kappa shape index (κ3) is 6.04. The van der Waals surface area contributed by atoms with Gasteiger partial charge in [-0.1, -0.05) is 68.4 Å². The van der Waals surface area contributed by atoms with E-state index in [1.807, 2.05) is 48.5 Å². The van der Waals surface area contributed by atoms with Crippen LogP contribution in [0.1, 0.15) is 47.3 Å². The summed E-state index contributed by atoms with van der Waals surface area (Å²) in [6.45, 7) is 6.38. The molecule has 0 spiro atoms. The van der Waals surface area contributed by atoms with Gasteiger partial charge in [0, 0.05) is 37.4 Å². The van der Waals surface area contributed by atoms with Gasteiger partial charge < -0.3 is 15.5 Å². The van der Waals surface area contributed by atoms with Gasteiger partial charge in [0.1, 0.15) is 0 Å². The first-order valence-electron chi connectivity index (χ1n) is 12.1. The molecule has 2 amide bonds. The summed E-state index contributed by atoms with van der Waals surface area (Å²) in [6, 6.07) is 24.1. The molecular weight excluding hydrogens is 422 g/mol.